The zero-order valence-corrected chi connectivity index (χ0v) is 10.5. The van der Waals surface area contributed by atoms with Gasteiger partial charge in [0.2, 0.25) is 6.39 Å². The number of methoxy groups -OCH3 is 1. The second-order valence-corrected chi connectivity index (χ2v) is 3.66. The number of rotatable bonds is 7. The first-order valence-electron chi connectivity index (χ1n) is 5.64. The Bertz CT molecular complexity index is 503. The standard InChI is InChI=1S/C10H15N7O2/c1-18-5-10-14-8(4-9(15-10)16-11)12-3-2-7-13-6-19-17-7/h4,6H,2-3,5,11H2,1H3,(H2,12,14,15,16). The Kier molecular flexibility index (Phi) is 4.59. The second-order valence-electron chi connectivity index (χ2n) is 3.66. The highest BCUT2D eigenvalue weighted by atomic mass is 16.5. The van der Waals surface area contributed by atoms with E-state index in [-0.39, 0.29) is 0 Å². The molecule has 0 aliphatic heterocycles. The van der Waals surface area contributed by atoms with E-state index in [1.165, 1.54) is 6.39 Å². The Balaban J connectivity index is 1.96. The largest absolute Gasteiger partial charge is 0.377 e. The lowest BCUT2D eigenvalue weighted by molar-refractivity contribution is 0.178. The number of hydrogen-bond acceptors (Lipinski definition) is 9. The number of nitrogen functional groups attached to an aromatic ring is 1. The molecule has 0 bridgehead atoms. The van der Waals surface area contributed by atoms with E-state index in [1.807, 2.05) is 0 Å². The van der Waals surface area contributed by atoms with Crippen LogP contribution in [0.25, 0.3) is 0 Å². The highest BCUT2D eigenvalue weighted by molar-refractivity contribution is 5.46. The summed E-state index contributed by atoms with van der Waals surface area (Å²) in [6.07, 6.45) is 1.93. The molecule has 0 saturated heterocycles. The normalized spacial score (nSPS) is 10.4. The topological polar surface area (TPSA) is 124 Å². The van der Waals surface area contributed by atoms with Crippen molar-refractivity contribution < 1.29 is 9.26 Å². The Hall–Kier alpha value is -2.26. The van der Waals surface area contributed by atoms with E-state index >= 15 is 0 Å². The molecule has 9 heteroatoms. The Morgan fingerprint density at radius 3 is 2.84 bits per heavy atom. The van der Waals surface area contributed by atoms with Crippen molar-refractivity contribution in [3.63, 3.8) is 0 Å². The van der Waals surface area contributed by atoms with Gasteiger partial charge in [-0.05, 0) is 0 Å². The highest BCUT2D eigenvalue weighted by Gasteiger charge is 2.04. The van der Waals surface area contributed by atoms with Crippen LogP contribution in [0.1, 0.15) is 11.6 Å². The van der Waals surface area contributed by atoms with Crippen LogP contribution in [0.2, 0.25) is 0 Å². The lowest BCUT2D eigenvalue weighted by Crippen LogP contribution is -2.14. The van der Waals surface area contributed by atoms with Gasteiger partial charge in [-0.1, -0.05) is 5.16 Å². The predicted octanol–water partition coefficient (Wildman–Crippen LogP) is -0.0538. The fourth-order valence-corrected chi connectivity index (χ4v) is 1.46. The first-order valence-corrected chi connectivity index (χ1v) is 5.64. The Labute approximate surface area is 109 Å². The number of hydrazine groups is 1. The van der Waals surface area contributed by atoms with Crippen LogP contribution in [0, 0.1) is 0 Å². The molecule has 0 spiro atoms. The molecule has 2 heterocycles. The van der Waals surface area contributed by atoms with E-state index < -0.39 is 0 Å². The van der Waals surface area contributed by atoms with E-state index in [0.29, 0.717) is 42.9 Å². The van der Waals surface area contributed by atoms with E-state index in [0.717, 1.165) is 0 Å². The Morgan fingerprint density at radius 1 is 1.32 bits per heavy atom. The maximum atomic E-state index is 5.35. The van der Waals surface area contributed by atoms with Gasteiger partial charge in [-0.3, -0.25) is 0 Å². The SMILES string of the molecule is COCc1nc(NN)cc(NCCc2ncon2)n1. The van der Waals surface area contributed by atoms with Crippen molar-refractivity contribution >= 4 is 11.6 Å². The molecule has 0 aliphatic rings. The van der Waals surface area contributed by atoms with Crippen LogP contribution in [0.3, 0.4) is 0 Å². The number of ether oxygens (including phenoxy) is 1. The van der Waals surface area contributed by atoms with Crippen LogP contribution in [0.4, 0.5) is 11.6 Å². The lowest BCUT2D eigenvalue weighted by Gasteiger charge is -2.08. The summed E-state index contributed by atoms with van der Waals surface area (Å²) in [4.78, 5) is 12.4. The molecule has 0 aromatic carbocycles. The molecule has 0 amide bonds. The van der Waals surface area contributed by atoms with Gasteiger partial charge in [0.25, 0.3) is 0 Å². The van der Waals surface area contributed by atoms with Crippen LogP contribution in [-0.4, -0.2) is 33.8 Å². The van der Waals surface area contributed by atoms with Crippen molar-refractivity contribution in [3.8, 4) is 0 Å². The van der Waals surface area contributed by atoms with Gasteiger partial charge in [0.15, 0.2) is 11.6 Å². The summed E-state index contributed by atoms with van der Waals surface area (Å²) >= 11 is 0. The third-order valence-electron chi connectivity index (χ3n) is 2.26. The van der Waals surface area contributed by atoms with Crippen molar-refractivity contribution in [1.29, 1.82) is 0 Å². The minimum Gasteiger partial charge on any atom is -0.377 e. The van der Waals surface area contributed by atoms with Gasteiger partial charge in [0.1, 0.15) is 18.2 Å². The van der Waals surface area contributed by atoms with Crippen LogP contribution < -0.4 is 16.6 Å². The van der Waals surface area contributed by atoms with Crippen molar-refractivity contribution in [2.75, 3.05) is 24.4 Å². The summed E-state index contributed by atoms with van der Waals surface area (Å²) in [7, 11) is 1.58. The van der Waals surface area contributed by atoms with Gasteiger partial charge >= 0.3 is 0 Å². The van der Waals surface area contributed by atoms with E-state index in [4.69, 9.17) is 10.6 Å². The van der Waals surface area contributed by atoms with Gasteiger partial charge in [-0.2, -0.15) is 4.98 Å². The summed E-state index contributed by atoms with van der Waals surface area (Å²) in [5, 5.41) is 6.85. The summed E-state index contributed by atoms with van der Waals surface area (Å²) in [6, 6.07) is 1.70. The van der Waals surface area contributed by atoms with Gasteiger partial charge in [0, 0.05) is 26.1 Å². The molecule has 2 aromatic rings. The molecule has 2 aromatic heterocycles. The number of nitrogens with zero attached hydrogens (tertiary/aromatic N) is 4. The molecule has 4 N–H and O–H groups in total. The maximum Gasteiger partial charge on any atom is 0.213 e. The molecule has 0 aliphatic carbocycles. The maximum absolute atomic E-state index is 5.35. The first-order chi connectivity index (χ1) is 9.31. The van der Waals surface area contributed by atoms with Crippen LogP contribution in [0.15, 0.2) is 17.0 Å². The lowest BCUT2D eigenvalue weighted by atomic mass is 10.4. The quantitative estimate of drug-likeness (QED) is 0.466. The first kappa shape index (κ1) is 13.2. The summed E-state index contributed by atoms with van der Waals surface area (Å²) in [5.74, 6) is 7.69. The average molecular weight is 265 g/mol. The number of anilines is 2. The van der Waals surface area contributed by atoms with Crippen molar-refractivity contribution in [3.05, 3.63) is 24.1 Å². The highest BCUT2D eigenvalue weighted by Crippen LogP contribution is 2.10. The molecule has 0 unspecified atom stereocenters. The minimum atomic E-state index is 0.315. The molecule has 19 heavy (non-hydrogen) atoms. The second kappa shape index (κ2) is 6.61. The molecular formula is C10H15N7O2. The zero-order valence-electron chi connectivity index (χ0n) is 10.5. The molecule has 102 valence electrons. The summed E-state index contributed by atoms with van der Waals surface area (Å²) in [5.41, 5.74) is 2.48. The molecule has 9 nitrogen and oxygen atoms in total. The fraction of sp³-hybridized carbons (Fsp3) is 0.400. The molecule has 0 atom stereocenters. The number of hydrogen-bond donors (Lipinski definition) is 3. The van der Waals surface area contributed by atoms with Gasteiger partial charge in [-0.15, -0.1) is 0 Å². The number of nitrogens with two attached hydrogens (primary N) is 1. The third kappa shape index (κ3) is 3.86. The van der Waals surface area contributed by atoms with E-state index in [2.05, 4.69) is 35.4 Å². The van der Waals surface area contributed by atoms with E-state index in [9.17, 15) is 0 Å². The average Bonchev–Trinajstić information content (AvgIpc) is 2.92. The number of nitrogens with one attached hydrogen (secondary N) is 2. The molecule has 0 radical (unpaired) electrons. The number of aromatic nitrogens is 4. The van der Waals surface area contributed by atoms with Crippen LogP contribution in [0.5, 0.6) is 0 Å². The predicted molar refractivity (Wildman–Crippen MR) is 67.0 cm³/mol. The molecule has 0 saturated carbocycles. The van der Waals surface area contributed by atoms with E-state index in [1.54, 1.807) is 13.2 Å². The zero-order chi connectivity index (χ0) is 13.5. The van der Waals surface area contributed by atoms with Gasteiger partial charge in [0.05, 0.1) is 0 Å². The van der Waals surface area contributed by atoms with Crippen molar-refractivity contribution in [2.45, 2.75) is 13.0 Å². The molecule has 0 fully saturated rings. The van der Waals surface area contributed by atoms with Crippen LogP contribution >= 0.6 is 0 Å². The monoisotopic (exact) mass is 265 g/mol. The summed E-state index contributed by atoms with van der Waals surface area (Å²) < 4.78 is 9.64. The Morgan fingerprint density at radius 2 is 2.16 bits per heavy atom. The van der Waals surface area contributed by atoms with Gasteiger partial charge in [-0.25, -0.2) is 15.8 Å². The minimum absolute atomic E-state index is 0.315. The van der Waals surface area contributed by atoms with Gasteiger partial charge < -0.3 is 20.0 Å². The molecule has 2 rings (SSSR count). The van der Waals surface area contributed by atoms with Crippen molar-refractivity contribution in [2.24, 2.45) is 5.84 Å². The fourth-order valence-electron chi connectivity index (χ4n) is 1.46. The third-order valence-corrected chi connectivity index (χ3v) is 2.26. The van der Waals surface area contributed by atoms with Crippen molar-refractivity contribution in [1.82, 2.24) is 20.1 Å². The van der Waals surface area contributed by atoms with Crippen LogP contribution in [-0.2, 0) is 17.8 Å². The smallest absolute Gasteiger partial charge is 0.213 e. The molecular weight excluding hydrogens is 250 g/mol. The summed E-state index contributed by atoms with van der Waals surface area (Å²) in [6.45, 7) is 0.933.